The minimum atomic E-state index is -3.73. The fourth-order valence-electron chi connectivity index (χ4n) is 3.56. The van der Waals surface area contributed by atoms with Crippen LogP contribution < -0.4 is 5.32 Å². The Kier molecular flexibility index (Phi) is 6.20. The molecule has 7 nitrogen and oxygen atoms in total. The van der Waals surface area contributed by atoms with Crippen LogP contribution >= 0.6 is 11.3 Å². The molecule has 1 N–H and O–H groups in total. The second-order valence-electron chi connectivity index (χ2n) is 7.22. The van der Waals surface area contributed by atoms with Gasteiger partial charge >= 0.3 is 0 Å². The molecule has 2 aromatic carbocycles. The van der Waals surface area contributed by atoms with E-state index in [-0.39, 0.29) is 24.4 Å². The molecule has 9 heteroatoms. The first-order chi connectivity index (χ1) is 15.4. The van der Waals surface area contributed by atoms with Crippen LogP contribution in [-0.4, -0.2) is 44.1 Å². The SMILES string of the molecule is O=C(CCN1C(=O)c2ccccc2C1=O)NC[C@@H](c1cccs1)S(=O)(=O)c1ccccc1. The zero-order chi connectivity index (χ0) is 22.7. The normalized spacial score (nSPS) is 14.3. The minimum absolute atomic E-state index is 0.0761. The monoisotopic (exact) mass is 468 g/mol. The summed E-state index contributed by atoms with van der Waals surface area (Å²) in [6.07, 6.45) is -0.117. The Morgan fingerprint density at radius 2 is 1.53 bits per heavy atom. The van der Waals surface area contributed by atoms with Gasteiger partial charge in [0.2, 0.25) is 5.91 Å². The Hall–Kier alpha value is -3.30. The van der Waals surface area contributed by atoms with Gasteiger partial charge in [0.15, 0.2) is 9.84 Å². The number of nitrogens with zero attached hydrogens (tertiary/aromatic N) is 1. The van der Waals surface area contributed by atoms with Crippen LogP contribution in [0.25, 0.3) is 0 Å². The van der Waals surface area contributed by atoms with Crippen molar-refractivity contribution in [2.75, 3.05) is 13.1 Å². The largest absolute Gasteiger partial charge is 0.354 e. The molecule has 0 saturated heterocycles. The molecule has 3 aromatic rings. The summed E-state index contributed by atoms with van der Waals surface area (Å²) in [5.41, 5.74) is 0.647. The van der Waals surface area contributed by atoms with E-state index in [4.69, 9.17) is 0 Å². The number of sulfone groups is 1. The molecule has 164 valence electrons. The molecular formula is C23H20N2O5S2. The summed E-state index contributed by atoms with van der Waals surface area (Å²) < 4.78 is 26.4. The molecule has 0 radical (unpaired) electrons. The Balaban J connectivity index is 1.42. The van der Waals surface area contributed by atoms with Crippen LogP contribution in [0, 0.1) is 0 Å². The van der Waals surface area contributed by atoms with Gasteiger partial charge in [-0.25, -0.2) is 8.42 Å². The number of benzene rings is 2. The highest BCUT2D eigenvalue weighted by Crippen LogP contribution is 2.31. The predicted molar refractivity (Wildman–Crippen MR) is 120 cm³/mol. The molecule has 3 amide bonds. The lowest BCUT2D eigenvalue weighted by Crippen LogP contribution is -2.36. The molecule has 2 heterocycles. The molecule has 0 fully saturated rings. The number of fused-ring (bicyclic) bond motifs is 1. The topological polar surface area (TPSA) is 101 Å². The Morgan fingerprint density at radius 1 is 0.906 bits per heavy atom. The fraction of sp³-hybridized carbons (Fsp3) is 0.174. The van der Waals surface area contributed by atoms with Crippen LogP contribution in [0.2, 0.25) is 0 Å². The fourth-order valence-corrected chi connectivity index (χ4v) is 6.37. The van der Waals surface area contributed by atoms with Gasteiger partial charge in [-0.3, -0.25) is 19.3 Å². The Bertz CT molecular complexity index is 1220. The van der Waals surface area contributed by atoms with Crippen LogP contribution in [0.5, 0.6) is 0 Å². The van der Waals surface area contributed by atoms with Gasteiger partial charge in [0, 0.05) is 24.4 Å². The molecule has 0 saturated carbocycles. The molecule has 4 rings (SSSR count). The minimum Gasteiger partial charge on any atom is -0.354 e. The maximum absolute atomic E-state index is 13.2. The zero-order valence-corrected chi connectivity index (χ0v) is 18.6. The Labute approximate surface area is 189 Å². The van der Waals surface area contributed by atoms with Crippen molar-refractivity contribution >= 4 is 38.9 Å². The van der Waals surface area contributed by atoms with Crippen molar-refractivity contribution in [3.05, 3.63) is 88.1 Å². The van der Waals surface area contributed by atoms with Gasteiger partial charge in [-0.05, 0) is 35.7 Å². The number of carbonyl (C=O) groups excluding carboxylic acids is 3. The standard InChI is InChI=1S/C23H20N2O5S2/c26-21(12-13-25-22(27)17-9-4-5-10-18(17)23(25)28)24-15-20(19-11-6-14-31-19)32(29,30)16-7-2-1-3-8-16/h1-11,14,20H,12-13,15H2,(H,24,26)/t20-/m0/s1. The summed E-state index contributed by atoms with van der Waals surface area (Å²) in [4.78, 5) is 39.2. The van der Waals surface area contributed by atoms with Gasteiger partial charge in [0.05, 0.1) is 16.0 Å². The van der Waals surface area contributed by atoms with E-state index in [0.29, 0.717) is 16.0 Å². The lowest BCUT2D eigenvalue weighted by molar-refractivity contribution is -0.121. The van der Waals surface area contributed by atoms with Gasteiger partial charge in [0.25, 0.3) is 11.8 Å². The van der Waals surface area contributed by atoms with Crippen LogP contribution in [0.15, 0.2) is 77.0 Å². The lowest BCUT2D eigenvalue weighted by atomic mass is 10.1. The van der Waals surface area contributed by atoms with E-state index >= 15 is 0 Å². The summed E-state index contributed by atoms with van der Waals surface area (Å²) in [5.74, 6) is -1.30. The average Bonchev–Trinajstić information content (AvgIpc) is 3.41. The average molecular weight is 469 g/mol. The quantitative estimate of drug-likeness (QED) is 0.512. The lowest BCUT2D eigenvalue weighted by Gasteiger charge is -2.18. The number of carbonyl (C=O) groups is 3. The molecule has 0 spiro atoms. The second-order valence-corrected chi connectivity index (χ2v) is 10.3. The molecule has 32 heavy (non-hydrogen) atoms. The molecule has 0 bridgehead atoms. The number of amides is 3. The molecular weight excluding hydrogens is 448 g/mol. The highest BCUT2D eigenvalue weighted by atomic mass is 32.2. The summed E-state index contributed by atoms with van der Waals surface area (Å²) in [6.45, 7) is -0.189. The molecule has 1 aliphatic heterocycles. The molecule has 1 aromatic heterocycles. The summed E-state index contributed by atoms with van der Waals surface area (Å²) in [7, 11) is -3.73. The van der Waals surface area contributed by atoms with E-state index in [2.05, 4.69) is 5.32 Å². The first-order valence-corrected chi connectivity index (χ1v) is 12.4. The maximum atomic E-state index is 13.2. The highest BCUT2D eigenvalue weighted by Gasteiger charge is 2.35. The summed E-state index contributed by atoms with van der Waals surface area (Å²) in [5, 5.41) is 3.51. The number of hydrogen-bond donors (Lipinski definition) is 1. The van der Waals surface area contributed by atoms with Gasteiger partial charge in [-0.1, -0.05) is 36.4 Å². The number of hydrogen-bond acceptors (Lipinski definition) is 6. The van der Waals surface area contributed by atoms with Crippen LogP contribution in [0.1, 0.15) is 37.3 Å². The first-order valence-electron chi connectivity index (χ1n) is 9.94. The number of imide groups is 1. The van der Waals surface area contributed by atoms with Crippen molar-refractivity contribution in [3.8, 4) is 0 Å². The van der Waals surface area contributed by atoms with Crippen LogP contribution in [0.4, 0.5) is 0 Å². The van der Waals surface area contributed by atoms with E-state index < -0.39 is 32.8 Å². The van der Waals surface area contributed by atoms with Crippen LogP contribution in [0.3, 0.4) is 0 Å². The number of thiophene rings is 1. The third-order valence-electron chi connectivity index (χ3n) is 5.23. The summed E-state index contributed by atoms with van der Waals surface area (Å²) >= 11 is 1.30. The summed E-state index contributed by atoms with van der Waals surface area (Å²) in [6, 6.07) is 18.1. The molecule has 1 atom stereocenters. The van der Waals surface area contributed by atoms with Gasteiger partial charge in [-0.15, -0.1) is 11.3 Å². The number of nitrogens with one attached hydrogen (secondary N) is 1. The van der Waals surface area contributed by atoms with E-state index in [1.807, 2.05) is 0 Å². The van der Waals surface area contributed by atoms with Crippen molar-refractivity contribution in [2.24, 2.45) is 0 Å². The van der Waals surface area contributed by atoms with Crippen molar-refractivity contribution in [1.29, 1.82) is 0 Å². The van der Waals surface area contributed by atoms with E-state index in [0.717, 1.165) is 4.90 Å². The third-order valence-corrected chi connectivity index (χ3v) is 8.47. The molecule has 0 aliphatic carbocycles. The van der Waals surface area contributed by atoms with E-state index in [1.165, 1.54) is 23.5 Å². The van der Waals surface area contributed by atoms with Gasteiger partial charge < -0.3 is 5.32 Å². The van der Waals surface area contributed by atoms with Gasteiger partial charge in [-0.2, -0.15) is 0 Å². The van der Waals surface area contributed by atoms with Crippen molar-refractivity contribution < 1.29 is 22.8 Å². The van der Waals surface area contributed by atoms with Crippen molar-refractivity contribution in [2.45, 2.75) is 16.6 Å². The maximum Gasteiger partial charge on any atom is 0.261 e. The first kappa shape index (κ1) is 21.9. The molecule has 1 aliphatic rings. The smallest absolute Gasteiger partial charge is 0.261 e. The van der Waals surface area contributed by atoms with Gasteiger partial charge in [0.1, 0.15) is 5.25 Å². The Morgan fingerprint density at radius 3 is 2.12 bits per heavy atom. The van der Waals surface area contributed by atoms with E-state index in [9.17, 15) is 22.8 Å². The highest BCUT2D eigenvalue weighted by molar-refractivity contribution is 7.91. The third kappa shape index (κ3) is 4.21. The van der Waals surface area contributed by atoms with Crippen molar-refractivity contribution in [1.82, 2.24) is 10.2 Å². The zero-order valence-electron chi connectivity index (χ0n) is 16.9. The molecule has 0 unspecified atom stereocenters. The number of rotatable bonds is 8. The predicted octanol–water partition coefficient (Wildman–Crippen LogP) is 3.07. The second kappa shape index (κ2) is 9.05. The van der Waals surface area contributed by atoms with Crippen LogP contribution in [-0.2, 0) is 14.6 Å². The van der Waals surface area contributed by atoms with E-state index in [1.54, 1.807) is 60.0 Å². The van der Waals surface area contributed by atoms with Crippen molar-refractivity contribution in [3.63, 3.8) is 0 Å².